The van der Waals surface area contributed by atoms with E-state index < -0.39 is 0 Å². The summed E-state index contributed by atoms with van der Waals surface area (Å²) < 4.78 is 0. The van der Waals surface area contributed by atoms with Gasteiger partial charge in [-0.3, -0.25) is 4.79 Å². The first-order chi connectivity index (χ1) is 6.56. The van der Waals surface area contributed by atoms with Crippen LogP contribution in [0.15, 0.2) is 18.2 Å². The molecule has 0 saturated heterocycles. The highest BCUT2D eigenvalue weighted by Crippen LogP contribution is 2.29. The normalized spacial score (nSPS) is 12.6. The topological polar surface area (TPSA) is 17.1 Å². The lowest BCUT2D eigenvalue weighted by molar-refractivity contribution is -0.116. The molecule has 0 saturated carbocycles. The fourth-order valence-corrected chi connectivity index (χ4v) is 1.95. The number of benzene rings is 1. The van der Waals surface area contributed by atoms with E-state index in [1.165, 1.54) is 0 Å². The molecule has 0 N–H and O–H groups in total. The second-order valence-corrected chi connectivity index (χ2v) is 4.52. The lowest BCUT2D eigenvalue weighted by Gasteiger charge is -2.11. The van der Waals surface area contributed by atoms with Crippen LogP contribution < -0.4 is 0 Å². The van der Waals surface area contributed by atoms with Crippen LogP contribution in [-0.2, 0) is 11.2 Å². The Hall–Kier alpha value is -0.340. The van der Waals surface area contributed by atoms with Crippen LogP contribution in [0, 0.1) is 0 Å². The molecule has 76 valence electrons. The maximum Gasteiger partial charge on any atom is 0.147 e. The van der Waals surface area contributed by atoms with Crippen LogP contribution in [0.5, 0.6) is 0 Å². The van der Waals surface area contributed by atoms with Gasteiger partial charge in [0.15, 0.2) is 0 Å². The third-order valence-corrected chi connectivity index (χ3v) is 3.49. The molecule has 0 amide bonds. The summed E-state index contributed by atoms with van der Waals surface area (Å²) in [6, 6.07) is 5.67. The minimum atomic E-state index is -0.240. The van der Waals surface area contributed by atoms with Crippen molar-refractivity contribution in [2.24, 2.45) is 0 Å². The zero-order valence-electron chi connectivity index (χ0n) is 8.18. The monoisotopic (exact) mass is 274 g/mol. The molecule has 0 aromatic heterocycles. The summed E-state index contributed by atoms with van der Waals surface area (Å²) in [4.78, 5) is 11.0. The molecule has 1 aromatic rings. The Morgan fingerprint density at radius 2 is 2.21 bits per heavy atom. The number of carbonyl (C=O) groups is 1. The Balaban J connectivity index is 3.16. The molecule has 0 radical (unpaired) electrons. The number of hydrogen-bond donors (Lipinski definition) is 0. The van der Waals surface area contributed by atoms with Crippen molar-refractivity contribution in [1.29, 1.82) is 0 Å². The highest BCUT2D eigenvalue weighted by molar-refractivity contribution is 9.09. The molecule has 1 rings (SSSR count). The Kier molecular flexibility index (Phi) is 4.14. The number of Topliss-reactive ketones (excluding diaryl/α,β-unsaturated/α-hetero) is 1. The minimum absolute atomic E-state index is 0.0990. The Bertz CT molecular complexity index is 349. The van der Waals surface area contributed by atoms with Gasteiger partial charge in [-0.1, -0.05) is 40.5 Å². The van der Waals surface area contributed by atoms with Gasteiger partial charge >= 0.3 is 0 Å². The molecule has 0 fully saturated rings. The summed E-state index contributed by atoms with van der Waals surface area (Å²) in [6.07, 6.45) is 0.905. The predicted molar refractivity (Wildman–Crippen MR) is 63.2 cm³/mol. The molecule has 0 spiro atoms. The van der Waals surface area contributed by atoms with Crippen molar-refractivity contribution in [2.75, 3.05) is 0 Å². The van der Waals surface area contributed by atoms with E-state index in [0.717, 1.165) is 17.5 Å². The average molecular weight is 276 g/mol. The van der Waals surface area contributed by atoms with Crippen LogP contribution in [0.2, 0.25) is 5.02 Å². The minimum Gasteiger partial charge on any atom is -0.298 e. The number of rotatable bonds is 3. The van der Waals surface area contributed by atoms with E-state index in [0.29, 0.717) is 5.02 Å². The van der Waals surface area contributed by atoms with Crippen molar-refractivity contribution < 1.29 is 4.79 Å². The van der Waals surface area contributed by atoms with Gasteiger partial charge in [0.1, 0.15) is 5.78 Å². The number of alkyl halides is 1. The van der Waals surface area contributed by atoms with Gasteiger partial charge in [-0.15, -0.1) is 0 Å². The molecule has 1 unspecified atom stereocenters. The number of aryl methyl sites for hydroxylation is 1. The number of halogens is 2. The van der Waals surface area contributed by atoms with Crippen molar-refractivity contribution >= 4 is 33.3 Å². The van der Waals surface area contributed by atoms with Gasteiger partial charge in [-0.2, -0.15) is 0 Å². The molecule has 0 heterocycles. The third-order valence-electron chi connectivity index (χ3n) is 2.12. The zero-order valence-corrected chi connectivity index (χ0v) is 10.5. The highest BCUT2D eigenvalue weighted by atomic mass is 79.9. The van der Waals surface area contributed by atoms with Gasteiger partial charge in [-0.05, 0) is 36.6 Å². The lowest BCUT2D eigenvalue weighted by Crippen LogP contribution is -2.04. The van der Waals surface area contributed by atoms with Crippen LogP contribution in [0.4, 0.5) is 0 Å². The first-order valence-corrected chi connectivity index (χ1v) is 5.78. The SMILES string of the molecule is CCc1ccc(Cl)cc1C(Br)C(C)=O. The fraction of sp³-hybridized carbons (Fsp3) is 0.364. The van der Waals surface area contributed by atoms with Gasteiger partial charge in [0.05, 0.1) is 4.83 Å². The molecular formula is C11H12BrClO. The maximum atomic E-state index is 11.2. The predicted octanol–water partition coefficient (Wildman–Crippen LogP) is 3.93. The molecule has 14 heavy (non-hydrogen) atoms. The third kappa shape index (κ3) is 2.58. The Labute approximate surface area is 97.6 Å². The zero-order chi connectivity index (χ0) is 10.7. The highest BCUT2D eigenvalue weighted by Gasteiger charge is 2.15. The van der Waals surface area contributed by atoms with Gasteiger partial charge in [0.25, 0.3) is 0 Å². The summed E-state index contributed by atoms with van der Waals surface area (Å²) in [5.74, 6) is 0.0990. The fourth-order valence-electron chi connectivity index (χ4n) is 1.34. The average Bonchev–Trinajstić information content (AvgIpc) is 2.16. The number of hydrogen-bond acceptors (Lipinski definition) is 1. The molecule has 0 aliphatic heterocycles. The molecule has 0 aliphatic rings. The van der Waals surface area contributed by atoms with Gasteiger partial charge in [-0.25, -0.2) is 0 Å². The number of ketones is 1. The quantitative estimate of drug-likeness (QED) is 0.764. The van der Waals surface area contributed by atoms with Crippen LogP contribution >= 0.6 is 27.5 Å². The summed E-state index contributed by atoms with van der Waals surface area (Å²) in [5, 5.41) is 0.669. The van der Waals surface area contributed by atoms with E-state index in [1.54, 1.807) is 6.92 Å². The molecule has 0 aliphatic carbocycles. The van der Waals surface area contributed by atoms with Crippen LogP contribution in [0.3, 0.4) is 0 Å². The summed E-state index contributed by atoms with van der Waals surface area (Å²) in [5.41, 5.74) is 2.14. The molecule has 1 nitrogen and oxygen atoms in total. The van der Waals surface area contributed by atoms with Crippen molar-refractivity contribution in [3.05, 3.63) is 34.3 Å². The first kappa shape index (κ1) is 11.7. The van der Waals surface area contributed by atoms with Crippen LogP contribution in [0.25, 0.3) is 0 Å². The van der Waals surface area contributed by atoms with E-state index in [9.17, 15) is 4.79 Å². The van der Waals surface area contributed by atoms with E-state index in [2.05, 4.69) is 22.9 Å². The van der Waals surface area contributed by atoms with E-state index in [4.69, 9.17) is 11.6 Å². The second kappa shape index (κ2) is 4.94. The molecule has 3 heteroatoms. The summed E-state index contributed by atoms with van der Waals surface area (Å²) in [7, 11) is 0. The molecule has 1 aromatic carbocycles. The Morgan fingerprint density at radius 3 is 2.71 bits per heavy atom. The second-order valence-electron chi connectivity index (χ2n) is 3.17. The summed E-state index contributed by atoms with van der Waals surface area (Å²) in [6.45, 7) is 3.63. The molecule has 1 atom stereocenters. The van der Waals surface area contributed by atoms with Crippen molar-refractivity contribution in [3.8, 4) is 0 Å². The van der Waals surface area contributed by atoms with Crippen molar-refractivity contribution in [2.45, 2.75) is 25.1 Å². The van der Waals surface area contributed by atoms with Crippen molar-refractivity contribution in [3.63, 3.8) is 0 Å². The van der Waals surface area contributed by atoms with Crippen LogP contribution in [0.1, 0.15) is 29.8 Å². The van der Waals surface area contributed by atoms with Crippen molar-refractivity contribution in [1.82, 2.24) is 0 Å². The first-order valence-electron chi connectivity index (χ1n) is 4.49. The standard InChI is InChI=1S/C11H12BrClO/c1-3-8-4-5-9(13)6-10(8)11(12)7(2)14/h4-6,11H,3H2,1-2H3. The summed E-state index contributed by atoms with van der Waals surface area (Å²) >= 11 is 9.26. The Morgan fingerprint density at radius 1 is 1.57 bits per heavy atom. The largest absolute Gasteiger partial charge is 0.298 e. The van der Waals surface area contributed by atoms with E-state index >= 15 is 0 Å². The van der Waals surface area contributed by atoms with Crippen LogP contribution in [-0.4, -0.2) is 5.78 Å². The van der Waals surface area contributed by atoms with E-state index in [1.807, 2.05) is 18.2 Å². The smallest absolute Gasteiger partial charge is 0.147 e. The van der Waals surface area contributed by atoms with E-state index in [-0.39, 0.29) is 10.6 Å². The van der Waals surface area contributed by atoms with Gasteiger partial charge < -0.3 is 0 Å². The van der Waals surface area contributed by atoms with Gasteiger partial charge in [0, 0.05) is 5.02 Å². The van der Waals surface area contributed by atoms with Gasteiger partial charge in [0.2, 0.25) is 0 Å². The molecular weight excluding hydrogens is 263 g/mol. The number of carbonyl (C=O) groups excluding carboxylic acids is 1. The lowest BCUT2D eigenvalue weighted by atomic mass is 10.0. The molecule has 0 bridgehead atoms. The maximum absolute atomic E-state index is 11.2.